The number of hydrogen-bond donors (Lipinski definition) is 2. The van der Waals surface area contributed by atoms with Gasteiger partial charge in [0, 0.05) is 0 Å². The molecular weight excluding hydrogens is 369 g/mol. The minimum absolute atomic E-state index is 0.530. The highest BCUT2D eigenvalue weighted by Crippen LogP contribution is 2.22. The van der Waals surface area contributed by atoms with Crippen LogP contribution in [0.4, 0.5) is 0 Å². The maximum absolute atomic E-state index is 8.68. The van der Waals surface area contributed by atoms with E-state index < -0.39 is 21.1 Å². The molecule has 0 unspecified atom stereocenters. The van der Waals surface area contributed by atoms with Crippen molar-refractivity contribution in [3.63, 3.8) is 0 Å². The second-order valence-electron chi connectivity index (χ2n) is 6.48. The van der Waals surface area contributed by atoms with Crippen LogP contribution >= 0.6 is 0 Å². The van der Waals surface area contributed by atoms with Crippen molar-refractivity contribution in [3.8, 4) is 0 Å². The lowest BCUT2D eigenvalue weighted by molar-refractivity contribution is -1.63. The van der Waals surface area contributed by atoms with Crippen molar-refractivity contribution < 1.29 is 31.4 Å². The molecule has 4 nitrogen and oxygen atoms in total. The molecule has 0 aromatic heterocycles. The molecule has 0 aromatic carbocycles. The molecule has 0 spiro atoms. The molecule has 0 aliphatic rings. The molecule has 0 aromatic rings. The Labute approximate surface area is 134 Å². The minimum atomic E-state index is -3.76. The van der Waals surface area contributed by atoms with Gasteiger partial charge < -0.3 is 12.6 Å². The summed E-state index contributed by atoms with van der Waals surface area (Å²) in [6.45, 7) is 7.88. The van der Waals surface area contributed by atoms with Gasteiger partial charge >= 0.3 is 21.1 Å². The number of rotatable bonds is 10. The van der Waals surface area contributed by atoms with Gasteiger partial charge in [0.15, 0.2) is 0 Å². The molecule has 0 amide bonds. The fourth-order valence-corrected chi connectivity index (χ4v) is 2.04. The lowest BCUT2D eigenvalue weighted by Crippen LogP contribution is -3.98. The van der Waals surface area contributed by atoms with Crippen molar-refractivity contribution in [2.75, 3.05) is 6.54 Å². The lowest BCUT2D eigenvalue weighted by atomic mass is 9.89. The van der Waals surface area contributed by atoms with Crippen molar-refractivity contribution in [2.45, 2.75) is 85.0 Å². The summed E-state index contributed by atoms with van der Waals surface area (Å²) in [7, 11) is 0. The summed E-state index contributed by atoms with van der Waals surface area (Å²) in [6, 6.07) is 0. The van der Waals surface area contributed by atoms with Crippen LogP contribution in [0.1, 0.15) is 85.0 Å². The molecule has 0 fully saturated rings. The highest BCUT2D eigenvalue weighted by atomic mass is 127. The standard InChI is InChI=1S/C15H33N.HIO3/c1-15(2,3)13-11-9-7-5-4-6-8-10-12-14-16;2-1(3)4/h4-14,16H2,1-3H3;2H. The van der Waals surface area contributed by atoms with E-state index in [9.17, 15) is 0 Å². The predicted molar refractivity (Wildman–Crippen MR) is 76.9 cm³/mol. The average Bonchev–Trinajstić information content (AvgIpc) is 2.29. The first-order valence-corrected chi connectivity index (χ1v) is 10.5. The summed E-state index contributed by atoms with van der Waals surface area (Å²) in [5.74, 6) is 0. The average molecular weight is 403 g/mol. The zero-order valence-electron chi connectivity index (χ0n) is 13.5. The van der Waals surface area contributed by atoms with Crippen LogP contribution in [-0.2, 0) is 0 Å². The maximum Gasteiger partial charge on any atom is 0.503 e. The summed E-state index contributed by atoms with van der Waals surface area (Å²) in [6.07, 6.45) is 13.9. The SMILES string of the molecule is CC(C)(C)CCCCCCCCCCCN.[O-][I+2]([O-])O. The van der Waals surface area contributed by atoms with E-state index >= 15 is 0 Å². The number of unbranched alkanes of at least 4 members (excludes halogenated alkanes) is 8. The molecule has 0 rings (SSSR count). The molecule has 124 valence electrons. The zero-order valence-corrected chi connectivity index (χ0v) is 15.7. The van der Waals surface area contributed by atoms with Crippen molar-refractivity contribution in [1.29, 1.82) is 0 Å². The van der Waals surface area contributed by atoms with Crippen LogP contribution in [0.3, 0.4) is 0 Å². The van der Waals surface area contributed by atoms with Gasteiger partial charge in [-0.25, -0.2) is 0 Å². The second-order valence-corrected chi connectivity index (χ2v) is 7.63. The first kappa shape index (κ1) is 22.8. The van der Waals surface area contributed by atoms with Gasteiger partial charge in [0.25, 0.3) is 0 Å². The van der Waals surface area contributed by atoms with Crippen LogP contribution in [-0.4, -0.2) is 9.98 Å². The van der Waals surface area contributed by atoms with Gasteiger partial charge in [-0.3, -0.25) is 0 Å². The van der Waals surface area contributed by atoms with Gasteiger partial charge in [0.1, 0.15) is 0 Å². The topological polar surface area (TPSA) is 92.4 Å². The molecular formula is C15H34INO3. The van der Waals surface area contributed by atoms with Crippen LogP contribution in [0.25, 0.3) is 0 Å². The number of halogens is 1. The quantitative estimate of drug-likeness (QED) is 0.360. The van der Waals surface area contributed by atoms with E-state index in [0.717, 1.165) is 6.54 Å². The van der Waals surface area contributed by atoms with E-state index in [1.165, 1.54) is 64.2 Å². The van der Waals surface area contributed by atoms with Crippen LogP contribution < -0.4 is 33.7 Å². The third-order valence-electron chi connectivity index (χ3n) is 3.13. The van der Waals surface area contributed by atoms with Gasteiger partial charge in [-0.1, -0.05) is 72.1 Å². The molecule has 0 atom stereocenters. The van der Waals surface area contributed by atoms with Crippen molar-refractivity contribution >= 4 is 0 Å². The normalized spacial score (nSPS) is 11.4. The monoisotopic (exact) mass is 403 g/mol. The Balaban J connectivity index is 0. The van der Waals surface area contributed by atoms with Crippen molar-refractivity contribution in [1.82, 2.24) is 0 Å². The van der Waals surface area contributed by atoms with Gasteiger partial charge in [0.2, 0.25) is 0 Å². The van der Waals surface area contributed by atoms with Crippen molar-refractivity contribution in [2.24, 2.45) is 11.1 Å². The van der Waals surface area contributed by atoms with Gasteiger partial charge in [-0.2, -0.15) is 0 Å². The first-order chi connectivity index (χ1) is 9.29. The smallest absolute Gasteiger partial charge is 0.396 e. The molecule has 0 aliphatic carbocycles. The third kappa shape index (κ3) is 31.1. The highest BCUT2D eigenvalue weighted by Gasteiger charge is 2.08. The van der Waals surface area contributed by atoms with E-state index in [1.54, 1.807) is 0 Å². The number of hydrogen-bond acceptors (Lipinski definition) is 4. The summed E-state index contributed by atoms with van der Waals surface area (Å²) in [5.41, 5.74) is 5.99. The fourth-order valence-electron chi connectivity index (χ4n) is 2.04. The van der Waals surface area contributed by atoms with E-state index in [4.69, 9.17) is 16.0 Å². The Morgan fingerprint density at radius 1 is 0.800 bits per heavy atom. The molecule has 0 radical (unpaired) electrons. The summed E-state index contributed by atoms with van der Waals surface area (Å²) in [5, 5.41) is 0. The molecule has 0 saturated heterocycles. The maximum atomic E-state index is 8.68. The Hall–Kier alpha value is 0.570. The lowest BCUT2D eigenvalue weighted by Gasteiger charge is -2.17. The third-order valence-corrected chi connectivity index (χ3v) is 3.13. The van der Waals surface area contributed by atoms with Crippen molar-refractivity contribution in [3.05, 3.63) is 0 Å². The number of nitrogens with two attached hydrogens (primary N) is 1. The summed E-state index contributed by atoms with van der Waals surface area (Å²) in [4.78, 5) is 0. The highest BCUT2D eigenvalue weighted by molar-refractivity contribution is 4.61. The Bertz CT molecular complexity index is 182. The van der Waals surface area contributed by atoms with E-state index in [0.29, 0.717) is 5.41 Å². The Kier molecular flexibility index (Phi) is 18.2. The summed E-state index contributed by atoms with van der Waals surface area (Å²) >= 11 is -3.76. The minimum Gasteiger partial charge on any atom is -0.396 e. The molecule has 3 N–H and O–H groups in total. The van der Waals surface area contributed by atoms with Gasteiger partial charge in [0.05, 0.1) is 0 Å². The van der Waals surface area contributed by atoms with E-state index in [2.05, 4.69) is 20.8 Å². The predicted octanol–water partition coefficient (Wildman–Crippen LogP) is -1.04. The van der Waals surface area contributed by atoms with Crippen LogP contribution in [0, 0.1) is 5.41 Å². The van der Waals surface area contributed by atoms with Crippen LogP contribution in [0.2, 0.25) is 0 Å². The molecule has 0 bridgehead atoms. The first-order valence-electron chi connectivity index (χ1n) is 7.74. The van der Waals surface area contributed by atoms with Gasteiger partial charge in [-0.05, 0) is 28.2 Å². The molecule has 0 saturated carbocycles. The fraction of sp³-hybridized carbons (Fsp3) is 1.00. The van der Waals surface area contributed by atoms with E-state index in [1.807, 2.05) is 0 Å². The van der Waals surface area contributed by atoms with Gasteiger partial charge in [-0.15, -0.1) is 0 Å². The Morgan fingerprint density at radius 3 is 1.40 bits per heavy atom. The zero-order chi connectivity index (χ0) is 15.9. The molecule has 5 heteroatoms. The molecule has 0 heterocycles. The summed E-state index contributed by atoms with van der Waals surface area (Å²) < 4.78 is 24.5. The second kappa shape index (κ2) is 15.9. The Morgan fingerprint density at radius 2 is 1.10 bits per heavy atom. The van der Waals surface area contributed by atoms with Crippen LogP contribution in [0.5, 0.6) is 0 Å². The molecule has 20 heavy (non-hydrogen) atoms. The largest absolute Gasteiger partial charge is 0.503 e. The molecule has 0 aliphatic heterocycles. The van der Waals surface area contributed by atoms with Crippen LogP contribution in [0.15, 0.2) is 0 Å². The van der Waals surface area contributed by atoms with E-state index in [-0.39, 0.29) is 0 Å².